The summed E-state index contributed by atoms with van der Waals surface area (Å²) < 4.78 is 0. The zero-order valence-corrected chi connectivity index (χ0v) is 11.9. The molecule has 0 radical (unpaired) electrons. The van der Waals surface area contributed by atoms with Gasteiger partial charge in [-0.3, -0.25) is 0 Å². The van der Waals surface area contributed by atoms with Crippen molar-refractivity contribution in [1.29, 1.82) is 0 Å². The highest BCUT2D eigenvalue weighted by atomic mass is 16.3. The first-order chi connectivity index (χ1) is 8.35. The number of fused-ring (bicyclic) bond motifs is 1. The topological polar surface area (TPSA) is 20.2 Å². The van der Waals surface area contributed by atoms with E-state index >= 15 is 0 Å². The third-order valence-electron chi connectivity index (χ3n) is 6.00. The number of hydrogen-bond acceptors (Lipinski definition) is 1. The lowest BCUT2D eigenvalue weighted by atomic mass is 9.74. The van der Waals surface area contributed by atoms with E-state index < -0.39 is 0 Å². The number of benzene rings is 1. The van der Waals surface area contributed by atoms with Crippen molar-refractivity contribution in [3.05, 3.63) is 35.4 Å². The van der Waals surface area contributed by atoms with E-state index in [1.807, 2.05) is 0 Å². The van der Waals surface area contributed by atoms with E-state index in [2.05, 4.69) is 52.0 Å². The minimum Gasteiger partial charge on any atom is -0.393 e. The molecule has 0 amide bonds. The van der Waals surface area contributed by atoms with Gasteiger partial charge >= 0.3 is 0 Å². The standard InChI is InChI=1S/C17H24O/c1-16(2)15(17(16,3)4)14(18)10-12-9-11-7-5-6-8-13(11)12/h5-8,12,14-15,18H,9-10H2,1-4H3. The lowest BCUT2D eigenvalue weighted by Gasteiger charge is -2.32. The molecule has 0 aromatic heterocycles. The average Bonchev–Trinajstić information content (AvgIpc) is 2.66. The monoisotopic (exact) mass is 244 g/mol. The van der Waals surface area contributed by atoms with E-state index in [4.69, 9.17) is 0 Å². The number of rotatable bonds is 3. The van der Waals surface area contributed by atoms with Gasteiger partial charge in [0.2, 0.25) is 0 Å². The highest BCUT2D eigenvalue weighted by Crippen LogP contribution is 2.70. The second-order valence-electron chi connectivity index (χ2n) is 7.32. The van der Waals surface area contributed by atoms with Crippen LogP contribution < -0.4 is 0 Å². The maximum absolute atomic E-state index is 10.5. The molecule has 18 heavy (non-hydrogen) atoms. The molecule has 1 saturated carbocycles. The van der Waals surface area contributed by atoms with E-state index in [1.165, 1.54) is 11.1 Å². The average molecular weight is 244 g/mol. The molecule has 0 heterocycles. The Morgan fingerprint density at radius 2 is 1.78 bits per heavy atom. The molecule has 1 aromatic rings. The fraction of sp³-hybridized carbons (Fsp3) is 0.647. The summed E-state index contributed by atoms with van der Waals surface area (Å²) >= 11 is 0. The van der Waals surface area contributed by atoms with Gasteiger partial charge in [0.25, 0.3) is 0 Å². The molecular weight excluding hydrogens is 220 g/mol. The van der Waals surface area contributed by atoms with Crippen molar-refractivity contribution in [3.8, 4) is 0 Å². The van der Waals surface area contributed by atoms with Gasteiger partial charge in [-0.25, -0.2) is 0 Å². The second kappa shape index (κ2) is 3.60. The Kier molecular flexibility index (Phi) is 2.45. The summed E-state index contributed by atoms with van der Waals surface area (Å²) in [6.45, 7) is 9.15. The first kappa shape index (κ1) is 12.2. The van der Waals surface area contributed by atoms with Crippen LogP contribution in [0.2, 0.25) is 0 Å². The summed E-state index contributed by atoms with van der Waals surface area (Å²) in [4.78, 5) is 0. The van der Waals surface area contributed by atoms with Gasteiger partial charge < -0.3 is 5.11 Å². The third kappa shape index (κ3) is 1.50. The molecule has 2 unspecified atom stereocenters. The van der Waals surface area contributed by atoms with Gasteiger partial charge in [-0.2, -0.15) is 0 Å². The molecule has 1 fully saturated rings. The Bertz CT molecular complexity index is 458. The zero-order chi connectivity index (χ0) is 13.1. The van der Waals surface area contributed by atoms with Crippen molar-refractivity contribution in [3.63, 3.8) is 0 Å². The molecule has 1 N–H and O–H groups in total. The highest BCUT2D eigenvalue weighted by Gasteiger charge is 2.67. The van der Waals surface area contributed by atoms with Crippen LogP contribution >= 0.6 is 0 Å². The van der Waals surface area contributed by atoms with Crippen LogP contribution in [-0.4, -0.2) is 11.2 Å². The van der Waals surface area contributed by atoms with Gasteiger partial charge in [-0.1, -0.05) is 52.0 Å². The van der Waals surface area contributed by atoms with Crippen LogP contribution in [-0.2, 0) is 6.42 Å². The van der Waals surface area contributed by atoms with E-state index in [0.717, 1.165) is 12.8 Å². The van der Waals surface area contributed by atoms with Gasteiger partial charge in [-0.15, -0.1) is 0 Å². The Morgan fingerprint density at radius 3 is 2.33 bits per heavy atom. The van der Waals surface area contributed by atoms with E-state index in [1.54, 1.807) is 0 Å². The lowest BCUT2D eigenvalue weighted by Crippen LogP contribution is -2.25. The van der Waals surface area contributed by atoms with Gasteiger partial charge in [0.15, 0.2) is 0 Å². The van der Waals surface area contributed by atoms with Crippen LogP contribution in [0.4, 0.5) is 0 Å². The van der Waals surface area contributed by atoms with Crippen LogP contribution in [0.25, 0.3) is 0 Å². The zero-order valence-electron chi connectivity index (χ0n) is 11.9. The van der Waals surface area contributed by atoms with Crippen LogP contribution in [0.3, 0.4) is 0 Å². The predicted molar refractivity (Wildman–Crippen MR) is 74.6 cm³/mol. The lowest BCUT2D eigenvalue weighted by molar-refractivity contribution is 0.109. The predicted octanol–water partition coefficient (Wildman–Crippen LogP) is 3.76. The van der Waals surface area contributed by atoms with E-state index in [9.17, 15) is 5.11 Å². The molecule has 0 spiro atoms. The summed E-state index contributed by atoms with van der Waals surface area (Å²) in [5, 5.41) is 10.5. The molecule has 0 aliphatic heterocycles. The van der Waals surface area contributed by atoms with E-state index in [-0.39, 0.29) is 16.9 Å². The molecule has 98 valence electrons. The molecule has 3 rings (SSSR count). The van der Waals surface area contributed by atoms with Crippen LogP contribution in [0, 0.1) is 16.7 Å². The fourth-order valence-electron chi connectivity index (χ4n) is 4.21. The Hall–Kier alpha value is -0.820. The molecule has 1 heteroatoms. The van der Waals surface area contributed by atoms with Crippen molar-refractivity contribution in [1.82, 2.24) is 0 Å². The van der Waals surface area contributed by atoms with Crippen molar-refractivity contribution in [2.24, 2.45) is 16.7 Å². The van der Waals surface area contributed by atoms with Gasteiger partial charge in [-0.05, 0) is 46.6 Å². The minimum atomic E-state index is -0.145. The van der Waals surface area contributed by atoms with Crippen LogP contribution in [0.5, 0.6) is 0 Å². The maximum Gasteiger partial charge on any atom is 0.0585 e. The van der Waals surface area contributed by atoms with Gasteiger partial charge in [0.1, 0.15) is 0 Å². The van der Waals surface area contributed by atoms with Gasteiger partial charge in [0.05, 0.1) is 6.10 Å². The second-order valence-corrected chi connectivity index (χ2v) is 7.32. The number of aliphatic hydroxyl groups excluding tert-OH is 1. The normalized spacial score (nSPS) is 29.3. The fourth-order valence-corrected chi connectivity index (χ4v) is 4.21. The Morgan fingerprint density at radius 1 is 1.17 bits per heavy atom. The van der Waals surface area contributed by atoms with Crippen molar-refractivity contribution < 1.29 is 5.11 Å². The number of hydrogen-bond donors (Lipinski definition) is 1. The molecule has 2 aliphatic rings. The van der Waals surface area contributed by atoms with Crippen molar-refractivity contribution >= 4 is 0 Å². The molecule has 0 bridgehead atoms. The molecule has 2 atom stereocenters. The summed E-state index contributed by atoms with van der Waals surface area (Å²) in [5.41, 5.74) is 3.52. The molecule has 2 aliphatic carbocycles. The van der Waals surface area contributed by atoms with Crippen LogP contribution in [0.15, 0.2) is 24.3 Å². The highest BCUT2D eigenvalue weighted by molar-refractivity contribution is 5.40. The quantitative estimate of drug-likeness (QED) is 0.858. The van der Waals surface area contributed by atoms with Gasteiger partial charge in [0, 0.05) is 0 Å². The third-order valence-corrected chi connectivity index (χ3v) is 6.00. The molecule has 1 nitrogen and oxygen atoms in total. The van der Waals surface area contributed by atoms with Crippen molar-refractivity contribution in [2.45, 2.75) is 52.6 Å². The first-order valence-electron chi connectivity index (χ1n) is 7.11. The summed E-state index contributed by atoms with van der Waals surface area (Å²) in [7, 11) is 0. The number of aliphatic hydroxyl groups is 1. The first-order valence-corrected chi connectivity index (χ1v) is 7.11. The Balaban J connectivity index is 1.67. The summed E-state index contributed by atoms with van der Waals surface area (Å²) in [6, 6.07) is 8.66. The van der Waals surface area contributed by atoms with Crippen molar-refractivity contribution in [2.75, 3.05) is 0 Å². The molecular formula is C17H24O. The minimum absolute atomic E-state index is 0.145. The smallest absolute Gasteiger partial charge is 0.0585 e. The van der Waals surface area contributed by atoms with E-state index in [0.29, 0.717) is 11.8 Å². The van der Waals surface area contributed by atoms with Crippen LogP contribution in [0.1, 0.15) is 51.2 Å². The molecule has 1 aromatic carbocycles. The SMILES string of the molecule is CC1(C)C(C(O)CC2Cc3ccccc32)C1(C)C. The Labute approximate surface area is 110 Å². The maximum atomic E-state index is 10.5. The largest absolute Gasteiger partial charge is 0.393 e. The summed E-state index contributed by atoms with van der Waals surface area (Å²) in [6.07, 6.45) is 1.95. The molecule has 0 saturated heterocycles. The summed E-state index contributed by atoms with van der Waals surface area (Å²) in [5.74, 6) is 1.04.